The molecule has 3 rings (SSSR count). The maximum absolute atomic E-state index is 12.9. The number of carbonyl (C=O) groups excluding carboxylic acids is 2. The van der Waals surface area contributed by atoms with Crippen LogP contribution in [0.25, 0.3) is 0 Å². The van der Waals surface area contributed by atoms with Crippen LogP contribution < -0.4 is 5.32 Å². The second-order valence-electron chi connectivity index (χ2n) is 5.70. The Balaban J connectivity index is 1.87. The van der Waals surface area contributed by atoms with Gasteiger partial charge in [-0.2, -0.15) is 0 Å². The van der Waals surface area contributed by atoms with E-state index in [-0.39, 0.29) is 21.7 Å². The molecule has 0 fully saturated rings. The number of carboxylic acids is 1. The smallest absolute Gasteiger partial charge is 0.305 e. The number of amides is 2. The molecule has 0 bridgehead atoms. The van der Waals surface area contributed by atoms with Crippen molar-refractivity contribution in [1.82, 2.24) is 4.31 Å². The summed E-state index contributed by atoms with van der Waals surface area (Å²) in [6.45, 7) is -0.484. The maximum atomic E-state index is 12.9. The number of aliphatic carboxylic acids is 1. The summed E-state index contributed by atoms with van der Waals surface area (Å²) in [4.78, 5) is 34.8. The normalized spacial score (nSPS) is 14.7. The van der Waals surface area contributed by atoms with Crippen LogP contribution in [-0.4, -0.2) is 42.2 Å². The summed E-state index contributed by atoms with van der Waals surface area (Å²) >= 11 is 0. The van der Waals surface area contributed by atoms with Gasteiger partial charge in [-0.05, 0) is 42.5 Å². The van der Waals surface area contributed by atoms with Gasteiger partial charge in [-0.3, -0.25) is 14.4 Å². The zero-order chi connectivity index (χ0) is 19.8. The zero-order valence-electron chi connectivity index (χ0n) is 13.7. The Bertz CT molecular complexity index is 1050. The standard InChI is InChI=1S/C17H13FN2O6S/c18-11-3-1-10(2-4-11)16(23)19-12-5-6-13-14(9-12)27(25,26)20(17(13)24)8-7-15(21)22/h1-6,9H,7-8H2,(H,19,23)(H,21,22). The van der Waals surface area contributed by atoms with E-state index in [4.69, 9.17) is 5.11 Å². The van der Waals surface area contributed by atoms with Crippen LogP contribution in [0.3, 0.4) is 0 Å². The van der Waals surface area contributed by atoms with Gasteiger partial charge in [0.15, 0.2) is 0 Å². The van der Waals surface area contributed by atoms with Crippen LogP contribution >= 0.6 is 0 Å². The molecule has 2 N–H and O–H groups in total. The lowest BCUT2D eigenvalue weighted by molar-refractivity contribution is -0.137. The van der Waals surface area contributed by atoms with Gasteiger partial charge >= 0.3 is 5.97 Å². The fraction of sp³-hybridized carbons (Fsp3) is 0.118. The van der Waals surface area contributed by atoms with Crippen molar-refractivity contribution in [3.63, 3.8) is 0 Å². The first-order chi connectivity index (χ1) is 12.7. The Kier molecular flexibility index (Phi) is 4.66. The maximum Gasteiger partial charge on any atom is 0.305 e. The molecule has 1 heterocycles. The first kappa shape index (κ1) is 18.5. The molecule has 0 radical (unpaired) electrons. The average Bonchev–Trinajstić information content (AvgIpc) is 2.79. The number of fused-ring (bicyclic) bond motifs is 1. The lowest BCUT2D eigenvalue weighted by atomic mass is 10.1. The van der Waals surface area contributed by atoms with Crippen LogP contribution in [0.5, 0.6) is 0 Å². The molecular weight excluding hydrogens is 379 g/mol. The molecule has 2 aromatic carbocycles. The number of nitrogens with zero attached hydrogens (tertiary/aromatic N) is 1. The van der Waals surface area contributed by atoms with Crippen molar-refractivity contribution in [1.29, 1.82) is 0 Å². The van der Waals surface area contributed by atoms with Gasteiger partial charge in [-0.1, -0.05) is 0 Å². The third kappa shape index (κ3) is 3.51. The van der Waals surface area contributed by atoms with Gasteiger partial charge in [0.2, 0.25) is 0 Å². The topological polar surface area (TPSA) is 121 Å². The van der Waals surface area contributed by atoms with Gasteiger partial charge in [0.05, 0.1) is 12.0 Å². The van der Waals surface area contributed by atoms with Crippen LogP contribution in [0, 0.1) is 5.82 Å². The lowest BCUT2D eigenvalue weighted by Gasteiger charge is -2.13. The van der Waals surface area contributed by atoms with Crippen LogP contribution in [0.15, 0.2) is 47.4 Å². The zero-order valence-corrected chi connectivity index (χ0v) is 14.5. The predicted molar refractivity (Wildman–Crippen MR) is 91.3 cm³/mol. The molecule has 1 aliphatic heterocycles. The van der Waals surface area contributed by atoms with E-state index in [1.54, 1.807) is 0 Å². The first-order valence-electron chi connectivity index (χ1n) is 7.70. The quantitative estimate of drug-likeness (QED) is 0.799. The molecule has 0 aromatic heterocycles. The highest BCUT2D eigenvalue weighted by Crippen LogP contribution is 2.32. The number of sulfonamides is 1. The molecule has 0 unspecified atom stereocenters. The number of carboxylic acid groups (broad SMARTS) is 1. The van der Waals surface area contributed by atoms with Crippen LogP contribution in [0.4, 0.5) is 10.1 Å². The van der Waals surface area contributed by atoms with Crippen molar-refractivity contribution in [2.45, 2.75) is 11.3 Å². The van der Waals surface area contributed by atoms with E-state index >= 15 is 0 Å². The molecule has 0 saturated heterocycles. The third-order valence-corrected chi connectivity index (χ3v) is 5.72. The third-order valence-electron chi connectivity index (χ3n) is 3.90. The second kappa shape index (κ2) is 6.80. The molecule has 8 nitrogen and oxygen atoms in total. The van der Waals surface area contributed by atoms with Crippen molar-refractivity contribution < 1.29 is 32.3 Å². The summed E-state index contributed by atoms with van der Waals surface area (Å²) in [5.41, 5.74) is 0.193. The number of anilines is 1. The van der Waals surface area contributed by atoms with Crippen molar-refractivity contribution in [2.75, 3.05) is 11.9 Å². The Morgan fingerprint density at radius 1 is 1.11 bits per heavy atom. The number of hydrogen-bond donors (Lipinski definition) is 2. The van der Waals surface area contributed by atoms with Gasteiger partial charge in [0.25, 0.3) is 21.8 Å². The molecule has 10 heteroatoms. The minimum Gasteiger partial charge on any atom is -0.481 e. The van der Waals surface area contributed by atoms with Gasteiger partial charge in [-0.15, -0.1) is 0 Å². The lowest BCUT2D eigenvalue weighted by Crippen LogP contribution is -2.32. The van der Waals surface area contributed by atoms with Gasteiger partial charge in [0, 0.05) is 17.8 Å². The Morgan fingerprint density at radius 2 is 1.78 bits per heavy atom. The van der Waals surface area contributed by atoms with Crippen molar-refractivity contribution in [3.05, 3.63) is 59.4 Å². The fourth-order valence-corrected chi connectivity index (χ4v) is 4.17. The summed E-state index contributed by atoms with van der Waals surface area (Å²) in [6, 6.07) is 8.50. The fourth-order valence-electron chi connectivity index (χ4n) is 2.58. The number of nitrogens with one attached hydrogen (secondary N) is 1. The highest BCUT2D eigenvalue weighted by molar-refractivity contribution is 7.90. The van der Waals surface area contributed by atoms with E-state index < -0.39 is 46.6 Å². The highest BCUT2D eigenvalue weighted by Gasteiger charge is 2.41. The molecule has 0 spiro atoms. The molecule has 0 atom stereocenters. The molecule has 2 aromatic rings. The molecule has 27 heavy (non-hydrogen) atoms. The Labute approximate surface area is 153 Å². The number of carbonyl (C=O) groups is 3. The first-order valence-corrected chi connectivity index (χ1v) is 9.14. The summed E-state index contributed by atoms with van der Waals surface area (Å²) < 4.78 is 38.4. The van der Waals surface area contributed by atoms with E-state index in [0.717, 1.165) is 18.2 Å². The van der Waals surface area contributed by atoms with E-state index in [1.807, 2.05) is 0 Å². The van der Waals surface area contributed by atoms with Gasteiger partial charge < -0.3 is 10.4 Å². The van der Waals surface area contributed by atoms with Gasteiger partial charge in [0.1, 0.15) is 10.7 Å². The minimum absolute atomic E-state index is 0.0971. The number of halogens is 1. The molecule has 0 saturated carbocycles. The molecular formula is C17H13FN2O6S. The SMILES string of the molecule is O=C(O)CCN1C(=O)c2ccc(NC(=O)c3ccc(F)cc3)cc2S1(=O)=O. The van der Waals surface area contributed by atoms with Crippen molar-refractivity contribution in [2.24, 2.45) is 0 Å². The number of rotatable bonds is 5. The summed E-state index contributed by atoms with van der Waals surface area (Å²) in [5.74, 6) is -3.14. The molecule has 0 aliphatic carbocycles. The number of hydrogen-bond acceptors (Lipinski definition) is 5. The molecule has 1 aliphatic rings. The van der Waals surface area contributed by atoms with Crippen molar-refractivity contribution >= 4 is 33.5 Å². The predicted octanol–water partition coefficient (Wildman–Crippen LogP) is 1.70. The van der Waals surface area contributed by atoms with Crippen molar-refractivity contribution in [3.8, 4) is 0 Å². The largest absolute Gasteiger partial charge is 0.481 e. The van der Waals surface area contributed by atoms with Crippen LogP contribution in [-0.2, 0) is 14.8 Å². The monoisotopic (exact) mass is 392 g/mol. The second-order valence-corrected chi connectivity index (χ2v) is 7.53. The van der Waals surface area contributed by atoms with Crippen LogP contribution in [0.2, 0.25) is 0 Å². The molecule has 140 valence electrons. The number of benzene rings is 2. The highest BCUT2D eigenvalue weighted by atomic mass is 32.2. The summed E-state index contributed by atoms with van der Waals surface area (Å²) in [7, 11) is -4.20. The van der Waals surface area contributed by atoms with Gasteiger partial charge in [-0.25, -0.2) is 17.1 Å². The van der Waals surface area contributed by atoms with E-state index in [9.17, 15) is 27.2 Å². The molecule has 2 amide bonds. The average molecular weight is 392 g/mol. The minimum atomic E-state index is -4.20. The van der Waals surface area contributed by atoms with Crippen LogP contribution in [0.1, 0.15) is 27.1 Å². The van der Waals surface area contributed by atoms with E-state index in [1.165, 1.54) is 24.3 Å². The summed E-state index contributed by atoms with van der Waals surface area (Å²) in [6.07, 6.45) is -0.521. The van der Waals surface area contributed by atoms with E-state index in [0.29, 0.717) is 4.31 Å². The Hall–Kier alpha value is -3.27. The Morgan fingerprint density at radius 3 is 2.41 bits per heavy atom. The summed E-state index contributed by atoms with van der Waals surface area (Å²) in [5, 5.41) is 11.2. The van der Waals surface area contributed by atoms with E-state index in [2.05, 4.69) is 5.32 Å².